The maximum absolute atomic E-state index is 12.7. The van der Waals surface area contributed by atoms with Gasteiger partial charge >= 0.3 is 0 Å². The Hall–Kier alpha value is -1.75. The monoisotopic (exact) mass is 301 g/mol. The van der Waals surface area contributed by atoms with Gasteiger partial charge in [-0.15, -0.1) is 0 Å². The molecule has 2 fully saturated rings. The molecule has 1 aliphatic heterocycles. The maximum atomic E-state index is 12.7. The van der Waals surface area contributed by atoms with Crippen molar-refractivity contribution >= 4 is 11.7 Å². The molecule has 1 aliphatic carbocycles. The standard InChI is InChI=1S/C17H23N3O2/c1-20-10-6-12(7-11-20)15(21)13-4-2-5-14(19-13)17(16(18)22)8-3-9-17/h2,4-5,12H,3,6-11H2,1H3,(H2,18,22). The molecule has 3 rings (SSSR count). The van der Waals surface area contributed by atoms with Crippen LogP contribution in [-0.4, -0.2) is 41.7 Å². The van der Waals surface area contributed by atoms with Crippen LogP contribution in [0, 0.1) is 5.92 Å². The summed E-state index contributed by atoms with van der Waals surface area (Å²) in [7, 11) is 2.08. The Bertz CT molecular complexity index is 587. The van der Waals surface area contributed by atoms with E-state index in [0.29, 0.717) is 11.4 Å². The highest BCUT2D eigenvalue weighted by molar-refractivity contribution is 5.96. The average molecular weight is 301 g/mol. The van der Waals surface area contributed by atoms with E-state index in [-0.39, 0.29) is 17.6 Å². The third-order valence-corrected chi connectivity index (χ3v) is 5.26. The van der Waals surface area contributed by atoms with Crippen molar-refractivity contribution in [2.45, 2.75) is 37.5 Å². The minimum atomic E-state index is -0.650. The average Bonchev–Trinajstić information content (AvgIpc) is 2.46. The smallest absolute Gasteiger partial charge is 0.229 e. The molecule has 1 aromatic rings. The number of nitrogens with two attached hydrogens (primary N) is 1. The predicted octanol–water partition coefficient (Wildman–Crippen LogP) is 1.51. The molecule has 0 radical (unpaired) electrons. The van der Waals surface area contributed by atoms with Crippen molar-refractivity contribution in [2.75, 3.05) is 20.1 Å². The summed E-state index contributed by atoms with van der Waals surface area (Å²) < 4.78 is 0. The maximum Gasteiger partial charge on any atom is 0.229 e. The zero-order chi connectivity index (χ0) is 15.7. The van der Waals surface area contributed by atoms with Crippen molar-refractivity contribution in [2.24, 2.45) is 11.7 Å². The molecule has 0 atom stereocenters. The number of rotatable bonds is 4. The molecule has 5 nitrogen and oxygen atoms in total. The van der Waals surface area contributed by atoms with Gasteiger partial charge in [-0.2, -0.15) is 0 Å². The number of primary amides is 1. The number of amides is 1. The number of aromatic nitrogens is 1. The molecule has 2 heterocycles. The van der Waals surface area contributed by atoms with Gasteiger partial charge in [0.1, 0.15) is 5.69 Å². The summed E-state index contributed by atoms with van der Waals surface area (Å²) in [5.41, 5.74) is 6.09. The Labute approximate surface area is 130 Å². The quantitative estimate of drug-likeness (QED) is 0.855. The van der Waals surface area contributed by atoms with Crippen LogP contribution in [0.25, 0.3) is 0 Å². The van der Waals surface area contributed by atoms with Crippen LogP contribution in [0.4, 0.5) is 0 Å². The molecule has 22 heavy (non-hydrogen) atoms. The van der Waals surface area contributed by atoms with E-state index in [4.69, 9.17) is 5.73 Å². The van der Waals surface area contributed by atoms with E-state index in [1.54, 1.807) is 6.07 Å². The first-order chi connectivity index (χ1) is 10.5. The van der Waals surface area contributed by atoms with Crippen molar-refractivity contribution in [3.8, 4) is 0 Å². The molecule has 5 heteroatoms. The number of piperidine rings is 1. The Morgan fingerprint density at radius 2 is 1.95 bits per heavy atom. The van der Waals surface area contributed by atoms with Crippen LogP contribution in [-0.2, 0) is 10.2 Å². The van der Waals surface area contributed by atoms with Crippen molar-refractivity contribution in [1.29, 1.82) is 0 Å². The van der Waals surface area contributed by atoms with Crippen molar-refractivity contribution in [3.05, 3.63) is 29.6 Å². The second-order valence-corrected chi connectivity index (χ2v) is 6.65. The first-order valence-corrected chi connectivity index (χ1v) is 8.03. The molecular formula is C17H23N3O2. The summed E-state index contributed by atoms with van der Waals surface area (Å²) >= 11 is 0. The highest BCUT2D eigenvalue weighted by Crippen LogP contribution is 2.42. The Balaban J connectivity index is 1.82. The summed E-state index contributed by atoms with van der Waals surface area (Å²) in [4.78, 5) is 31.2. The van der Waals surface area contributed by atoms with Crippen LogP contribution in [0.1, 0.15) is 48.3 Å². The first kappa shape index (κ1) is 15.2. The Morgan fingerprint density at radius 1 is 1.27 bits per heavy atom. The minimum Gasteiger partial charge on any atom is -0.369 e. The van der Waals surface area contributed by atoms with Crippen molar-refractivity contribution < 1.29 is 9.59 Å². The zero-order valence-electron chi connectivity index (χ0n) is 13.0. The molecular weight excluding hydrogens is 278 g/mol. The van der Waals surface area contributed by atoms with Gasteiger partial charge in [-0.25, -0.2) is 4.98 Å². The van der Waals surface area contributed by atoms with E-state index in [0.717, 1.165) is 45.2 Å². The number of carbonyl (C=O) groups excluding carboxylic acids is 2. The lowest BCUT2D eigenvalue weighted by Gasteiger charge is -2.38. The number of hydrogen-bond donors (Lipinski definition) is 1. The number of nitrogens with zero attached hydrogens (tertiary/aromatic N) is 2. The van der Waals surface area contributed by atoms with E-state index in [1.165, 1.54) is 0 Å². The van der Waals surface area contributed by atoms with Crippen LogP contribution in [0.2, 0.25) is 0 Å². The Morgan fingerprint density at radius 3 is 2.50 bits per heavy atom. The van der Waals surface area contributed by atoms with E-state index in [9.17, 15) is 9.59 Å². The van der Waals surface area contributed by atoms with Crippen molar-refractivity contribution in [1.82, 2.24) is 9.88 Å². The lowest BCUT2D eigenvalue weighted by atomic mass is 9.66. The molecule has 1 saturated heterocycles. The SMILES string of the molecule is CN1CCC(C(=O)c2cccc(C3(C(N)=O)CCC3)n2)CC1. The van der Waals surface area contributed by atoms with E-state index in [1.807, 2.05) is 12.1 Å². The van der Waals surface area contributed by atoms with E-state index >= 15 is 0 Å². The van der Waals surface area contributed by atoms with Gasteiger partial charge in [0.25, 0.3) is 0 Å². The van der Waals surface area contributed by atoms with Crippen LogP contribution >= 0.6 is 0 Å². The third-order valence-electron chi connectivity index (χ3n) is 5.26. The lowest BCUT2D eigenvalue weighted by molar-refractivity contribution is -0.126. The second kappa shape index (κ2) is 5.80. The lowest BCUT2D eigenvalue weighted by Crippen LogP contribution is -2.47. The summed E-state index contributed by atoms with van der Waals surface area (Å²) in [6.45, 7) is 1.89. The van der Waals surface area contributed by atoms with Gasteiger partial charge in [0, 0.05) is 5.92 Å². The number of hydrogen-bond acceptors (Lipinski definition) is 4. The Kier molecular flexibility index (Phi) is 4.00. The highest BCUT2D eigenvalue weighted by Gasteiger charge is 2.45. The van der Waals surface area contributed by atoms with Gasteiger partial charge in [0.15, 0.2) is 5.78 Å². The first-order valence-electron chi connectivity index (χ1n) is 8.03. The van der Waals surface area contributed by atoms with Gasteiger partial charge in [0.05, 0.1) is 11.1 Å². The summed E-state index contributed by atoms with van der Waals surface area (Å²) in [6.07, 6.45) is 4.21. The fraction of sp³-hybridized carbons (Fsp3) is 0.588. The molecule has 2 N–H and O–H groups in total. The third kappa shape index (κ3) is 2.54. The predicted molar refractivity (Wildman–Crippen MR) is 83.5 cm³/mol. The molecule has 0 aromatic carbocycles. The van der Waals surface area contributed by atoms with E-state index in [2.05, 4.69) is 16.9 Å². The molecule has 0 bridgehead atoms. The van der Waals surface area contributed by atoms with Crippen LogP contribution in [0.5, 0.6) is 0 Å². The topological polar surface area (TPSA) is 76.3 Å². The fourth-order valence-corrected chi connectivity index (χ4v) is 3.48. The summed E-state index contributed by atoms with van der Waals surface area (Å²) in [5, 5.41) is 0. The molecule has 0 unspecified atom stereocenters. The largest absolute Gasteiger partial charge is 0.369 e. The van der Waals surface area contributed by atoms with Crippen LogP contribution < -0.4 is 5.73 Å². The highest BCUT2D eigenvalue weighted by atomic mass is 16.1. The number of pyridine rings is 1. The molecule has 1 saturated carbocycles. The van der Waals surface area contributed by atoms with E-state index < -0.39 is 5.41 Å². The fourth-order valence-electron chi connectivity index (χ4n) is 3.48. The summed E-state index contributed by atoms with van der Waals surface area (Å²) in [6, 6.07) is 5.42. The molecule has 118 valence electrons. The van der Waals surface area contributed by atoms with Crippen LogP contribution in [0.3, 0.4) is 0 Å². The van der Waals surface area contributed by atoms with Gasteiger partial charge < -0.3 is 10.6 Å². The second-order valence-electron chi connectivity index (χ2n) is 6.65. The van der Waals surface area contributed by atoms with Gasteiger partial charge in [0.2, 0.25) is 5.91 Å². The molecule has 2 aliphatic rings. The number of ketones is 1. The normalized spacial score (nSPS) is 22.0. The summed E-state index contributed by atoms with van der Waals surface area (Å²) in [5.74, 6) is -0.172. The molecule has 0 spiro atoms. The minimum absolute atomic E-state index is 0.0462. The van der Waals surface area contributed by atoms with Gasteiger partial charge in [-0.3, -0.25) is 9.59 Å². The number of Topliss-reactive ketones (excluding diaryl/α,β-unsaturated/α-hetero) is 1. The molecule has 1 aromatic heterocycles. The number of carbonyl (C=O) groups is 2. The van der Waals surface area contributed by atoms with Crippen molar-refractivity contribution in [3.63, 3.8) is 0 Å². The number of likely N-dealkylation sites (tertiary alicyclic amines) is 1. The molecule has 1 amide bonds. The van der Waals surface area contributed by atoms with Gasteiger partial charge in [-0.05, 0) is 58.0 Å². The van der Waals surface area contributed by atoms with Gasteiger partial charge in [-0.1, -0.05) is 12.5 Å². The van der Waals surface area contributed by atoms with Crippen LogP contribution in [0.15, 0.2) is 18.2 Å². The zero-order valence-corrected chi connectivity index (χ0v) is 13.0.